The molecule has 4 nitrogen and oxygen atoms in total. The highest BCUT2D eigenvalue weighted by molar-refractivity contribution is 5.81. The fourth-order valence-corrected chi connectivity index (χ4v) is 1.96. The van der Waals surface area contributed by atoms with E-state index in [1.54, 1.807) is 0 Å². The van der Waals surface area contributed by atoms with Crippen LogP contribution in [0.15, 0.2) is 4.99 Å². The van der Waals surface area contributed by atoms with Crippen molar-refractivity contribution in [1.29, 1.82) is 5.26 Å². The number of nitriles is 1. The van der Waals surface area contributed by atoms with Crippen LogP contribution in [0.4, 0.5) is 0 Å². The molecular weight excluding hydrogens is 200 g/mol. The van der Waals surface area contributed by atoms with Gasteiger partial charge in [0.1, 0.15) is 0 Å². The monoisotopic (exact) mass is 222 g/mol. The van der Waals surface area contributed by atoms with Gasteiger partial charge >= 0.3 is 0 Å². The van der Waals surface area contributed by atoms with Gasteiger partial charge in [0.25, 0.3) is 0 Å². The van der Waals surface area contributed by atoms with Crippen LogP contribution >= 0.6 is 0 Å². The van der Waals surface area contributed by atoms with E-state index >= 15 is 0 Å². The molecule has 1 rings (SSSR count). The first-order chi connectivity index (χ1) is 7.86. The molecule has 0 atom stereocenters. The van der Waals surface area contributed by atoms with E-state index in [0.29, 0.717) is 12.0 Å². The van der Waals surface area contributed by atoms with Crippen molar-refractivity contribution in [2.24, 2.45) is 4.99 Å². The topological polar surface area (TPSA) is 60.2 Å². The van der Waals surface area contributed by atoms with Crippen LogP contribution in [0.25, 0.3) is 0 Å². The second-order valence-corrected chi connectivity index (χ2v) is 4.30. The summed E-state index contributed by atoms with van der Waals surface area (Å²) in [5, 5.41) is 14.6. The van der Waals surface area contributed by atoms with E-state index < -0.39 is 0 Å². The third-order valence-corrected chi connectivity index (χ3v) is 2.90. The SMILES string of the molecule is CCCCN=C(NC#N)NC1CCCCC1. The predicted molar refractivity (Wildman–Crippen MR) is 66.0 cm³/mol. The van der Waals surface area contributed by atoms with E-state index in [4.69, 9.17) is 5.26 Å². The van der Waals surface area contributed by atoms with Gasteiger partial charge < -0.3 is 5.32 Å². The minimum absolute atomic E-state index is 0.495. The van der Waals surface area contributed by atoms with Crippen molar-refractivity contribution >= 4 is 5.96 Å². The maximum Gasteiger partial charge on any atom is 0.204 e. The van der Waals surface area contributed by atoms with Crippen LogP contribution in [-0.4, -0.2) is 18.5 Å². The average Bonchev–Trinajstić information content (AvgIpc) is 2.31. The van der Waals surface area contributed by atoms with E-state index in [2.05, 4.69) is 22.5 Å². The molecule has 1 saturated carbocycles. The lowest BCUT2D eigenvalue weighted by atomic mass is 9.96. The number of hydrogen-bond donors (Lipinski definition) is 2. The van der Waals surface area contributed by atoms with Crippen LogP contribution < -0.4 is 10.6 Å². The zero-order chi connectivity index (χ0) is 11.6. The summed E-state index contributed by atoms with van der Waals surface area (Å²) in [6.45, 7) is 2.93. The molecule has 0 radical (unpaired) electrons. The normalized spacial score (nSPS) is 17.9. The first-order valence-corrected chi connectivity index (χ1v) is 6.33. The molecule has 0 aromatic rings. The lowest BCUT2D eigenvalue weighted by Crippen LogP contribution is -2.42. The molecule has 0 spiro atoms. The summed E-state index contributed by atoms with van der Waals surface area (Å²) >= 11 is 0. The Hall–Kier alpha value is -1.24. The first kappa shape index (κ1) is 12.8. The average molecular weight is 222 g/mol. The molecule has 1 aliphatic rings. The molecule has 0 unspecified atom stereocenters. The molecule has 0 bridgehead atoms. The molecular formula is C12H22N4. The van der Waals surface area contributed by atoms with Crippen molar-refractivity contribution in [2.45, 2.75) is 57.9 Å². The van der Waals surface area contributed by atoms with Gasteiger partial charge in [-0.1, -0.05) is 32.6 Å². The predicted octanol–water partition coefficient (Wildman–Crippen LogP) is 2.14. The Morgan fingerprint density at radius 1 is 1.38 bits per heavy atom. The van der Waals surface area contributed by atoms with Gasteiger partial charge in [-0.15, -0.1) is 0 Å². The van der Waals surface area contributed by atoms with Crippen LogP contribution in [0, 0.1) is 11.5 Å². The Morgan fingerprint density at radius 3 is 2.75 bits per heavy atom. The second kappa shape index (κ2) is 7.98. The summed E-state index contributed by atoms with van der Waals surface area (Å²) in [5.41, 5.74) is 0. The smallest absolute Gasteiger partial charge is 0.204 e. The minimum Gasteiger partial charge on any atom is -0.353 e. The molecule has 0 saturated heterocycles. The fraction of sp³-hybridized carbons (Fsp3) is 0.833. The van der Waals surface area contributed by atoms with E-state index in [0.717, 1.165) is 19.4 Å². The van der Waals surface area contributed by atoms with Crippen molar-refractivity contribution in [3.05, 3.63) is 0 Å². The van der Waals surface area contributed by atoms with Crippen LogP contribution in [0.1, 0.15) is 51.9 Å². The summed E-state index contributed by atoms with van der Waals surface area (Å²) in [5.74, 6) is 0.655. The van der Waals surface area contributed by atoms with Gasteiger partial charge in [-0.05, 0) is 19.3 Å². The highest BCUT2D eigenvalue weighted by Crippen LogP contribution is 2.17. The highest BCUT2D eigenvalue weighted by atomic mass is 15.2. The molecule has 0 heterocycles. The zero-order valence-corrected chi connectivity index (χ0v) is 10.1. The van der Waals surface area contributed by atoms with Gasteiger partial charge in [0.2, 0.25) is 5.96 Å². The minimum atomic E-state index is 0.495. The Kier molecular flexibility index (Phi) is 6.39. The third-order valence-electron chi connectivity index (χ3n) is 2.90. The van der Waals surface area contributed by atoms with Crippen LogP contribution in [0.5, 0.6) is 0 Å². The number of rotatable bonds is 4. The number of nitrogens with one attached hydrogen (secondary N) is 2. The van der Waals surface area contributed by atoms with Crippen molar-refractivity contribution in [3.8, 4) is 6.19 Å². The lowest BCUT2D eigenvalue weighted by molar-refractivity contribution is 0.411. The molecule has 16 heavy (non-hydrogen) atoms. The number of nitrogens with zero attached hydrogens (tertiary/aromatic N) is 2. The van der Waals surface area contributed by atoms with Gasteiger partial charge in [0, 0.05) is 12.6 Å². The number of aliphatic imine (C=N–C) groups is 1. The van der Waals surface area contributed by atoms with Gasteiger partial charge in [0.15, 0.2) is 6.19 Å². The summed E-state index contributed by atoms with van der Waals surface area (Å²) in [6.07, 6.45) is 10.4. The van der Waals surface area contributed by atoms with E-state index in [-0.39, 0.29) is 0 Å². The van der Waals surface area contributed by atoms with E-state index in [1.807, 2.05) is 6.19 Å². The fourth-order valence-electron chi connectivity index (χ4n) is 1.96. The lowest BCUT2D eigenvalue weighted by Gasteiger charge is -2.23. The third kappa shape index (κ3) is 5.01. The van der Waals surface area contributed by atoms with Gasteiger partial charge in [-0.3, -0.25) is 10.3 Å². The van der Waals surface area contributed by atoms with Crippen molar-refractivity contribution in [1.82, 2.24) is 10.6 Å². The van der Waals surface area contributed by atoms with E-state index in [1.165, 1.54) is 32.1 Å². The van der Waals surface area contributed by atoms with Gasteiger partial charge in [-0.2, -0.15) is 5.26 Å². The summed E-state index contributed by atoms with van der Waals surface area (Å²) in [4.78, 5) is 4.37. The highest BCUT2D eigenvalue weighted by Gasteiger charge is 2.14. The van der Waals surface area contributed by atoms with Crippen molar-refractivity contribution in [3.63, 3.8) is 0 Å². The molecule has 1 aliphatic carbocycles. The molecule has 0 aromatic carbocycles. The Morgan fingerprint density at radius 2 is 2.12 bits per heavy atom. The number of hydrogen-bond acceptors (Lipinski definition) is 2. The maximum absolute atomic E-state index is 8.64. The molecule has 2 N–H and O–H groups in total. The van der Waals surface area contributed by atoms with Gasteiger partial charge in [-0.25, -0.2) is 0 Å². The van der Waals surface area contributed by atoms with Crippen LogP contribution in [0.3, 0.4) is 0 Å². The van der Waals surface area contributed by atoms with Gasteiger partial charge in [0.05, 0.1) is 0 Å². The van der Waals surface area contributed by atoms with Crippen molar-refractivity contribution in [2.75, 3.05) is 6.54 Å². The Balaban J connectivity index is 2.36. The standard InChI is InChI=1S/C12H22N4/c1-2-3-9-14-12(15-10-13)16-11-7-5-4-6-8-11/h11H,2-9H2,1H3,(H2,14,15,16). The molecule has 0 amide bonds. The molecule has 0 aromatic heterocycles. The first-order valence-electron chi connectivity index (χ1n) is 6.33. The van der Waals surface area contributed by atoms with Crippen LogP contribution in [-0.2, 0) is 0 Å². The molecule has 90 valence electrons. The van der Waals surface area contributed by atoms with Crippen LogP contribution in [0.2, 0.25) is 0 Å². The quantitative estimate of drug-likeness (QED) is 0.252. The van der Waals surface area contributed by atoms with E-state index in [9.17, 15) is 0 Å². The summed E-state index contributed by atoms with van der Waals surface area (Å²) in [7, 11) is 0. The Bertz CT molecular complexity index is 248. The van der Waals surface area contributed by atoms with Crippen molar-refractivity contribution < 1.29 is 0 Å². The molecule has 4 heteroatoms. The largest absolute Gasteiger partial charge is 0.353 e. The number of unbranched alkanes of at least 4 members (excludes halogenated alkanes) is 1. The number of guanidine groups is 1. The maximum atomic E-state index is 8.64. The second-order valence-electron chi connectivity index (χ2n) is 4.30. The molecule has 0 aliphatic heterocycles. The summed E-state index contributed by atoms with van der Waals surface area (Å²) in [6, 6.07) is 0.495. The zero-order valence-electron chi connectivity index (χ0n) is 10.1. The molecule has 1 fully saturated rings. The Labute approximate surface area is 98.1 Å². The summed E-state index contributed by atoms with van der Waals surface area (Å²) < 4.78 is 0.